The summed E-state index contributed by atoms with van der Waals surface area (Å²) in [6.45, 7) is 0. The average Bonchev–Trinajstić information content (AvgIpc) is 2.31. The smallest absolute Gasteiger partial charge is 0.149 e. The van der Waals surface area contributed by atoms with Gasteiger partial charge in [0.15, 0.2) is 0 Å². The minimum absolute atomic E-state index is 0. The monoisotopic (exact) mass is 220 g/mol. The van der Waals surface area contributed by atoms with E-state index in [9.17, 15) is 4.39 Å². The first kappa shape index (κ1) is 10.2. The molecule has 0 amide bonds. The van der Waals surface area contributed by atoms with E-state index in [0.29, 0.717) is 21.6 Å². The summed E-state index contributed by atoms with van der Waals surface area (Å²) in [5.41, 5.74) is 6.65. The van der Waals surface area contributed by atoms with Gasteiger partial charge >= 0.3 is 0 Å². The standard InChI is InChI=1S/C8H6ClFN2.ClH/c9-5-1-4(11)2-7-8(5)6(10)3-12-7;/h1-3,12H,11H2;1H. The number of nitrogens with two attached hydrogens (primary N) is 1. The van der Waals surface area contributed by atoms with Gasteiger partial charge in [-0.3, -0.25) is 0 Å². The third kappa shape index (κ3) is 1.57. The van der Waals surface area contributed by atoms with Gasteiger partial charge in [0.25, 0.3) is 0 Å². The number of fused-ring (bicyclic) bond motifs is 1. The molecule has 0 bridgehead atoms. The van der Waals surface area contributed by atoms with Crippen LogP contribution in [0.1, 0.15) is 0 Å². The molecular weight excluding hydrogens is 214 g/mol. The van der Waals surface area contributed by atoms with Crippen molar-refractivity contribution in [3.05, 3.63) is 29.2 Å². The Labute approximate surface area is 85.3 Å². The van der Waals surface area contributed by atoms with Crippen molar-refractivity contribution in [3.8, 4) is 0 Å². The van der Waals surface area contributed by atoms with Gasteiger partial charge in [0, 0.05) is 11.9 Å². The van der Waals surface area contributed by atoms with Crippen LogP contribution in [0.2, 0.25) is 5.02 Å². The first-order valence-electron chi connectivity index (χ1n) is 3.40. The molecular formula is C8H7Cl2FN2. The van der Waals surface area contributed by atoms with Crippen molar-refractivity contribution in [3.63, 3.8) is 0 Å². The Morgan fingerprint density at radius 3 is 2.77 bits per heavy atom. The van der Waals surface area contributed by atoms with E-state index in [1.54, 1.807) is 6.07 Å². The summed E-state index contributed by atoms with van der Waals surface area (Å²) in [7, 11) is 0. The predicted octanol–water partition coefficient (Wildman–Crippen LogP) is 2.96. The summed E-state index contributed by atoms with van der Waals surface area (Å²) in [4.78, 5) is 2.73. The Morgan fingerprint density at radius 1 is 1.38 bits per heavy atom. The molecule has 5 heteroatoms. The van der Waals surface area contributed by atoms with Crippen molar-refractivity contribution in [1.29, 1.82) is 0 Å². The molecule has 1 heterocycles. The van der Waals surface area contributed by atoms with Crippen LogP contribution in [0.4, 0.5) is 10.1 Å². The van der Waals surface area contributed by atoms with Gasteiger partial charge in [0.2, 0.25) is 0 Å². The van der Waals surface area contributed by atoms with Gasteiger partial charge in [-0.1, -0.05) is 11.6 Å². The normalized spacial score (nSPS) is 10.0. The van der Waals surface area contributed by atoms with Crippen LogP contribution >= 0.6 is 24.0 Å². The van der Waals surface area contributed by atoms with Crippen LogP contribution in [-0.2, 0) is 0 Å². The van der Waals surface area contributed by atoms with Gasteiger partial charge in [-0.15, -0.1) is 12.4 Å². The Kier molecular flexibility index (Phi) is 2.68. The Hall–Kier alpha value is -0.930. The van der Waals surface area contributed by atoms with Crippen LogP contribution in [-0.4, -0.2) is 4.98 Å². The topological polar surface area (TPSA) is 41.8 Å². The first-order valence-corrected chi connectivity index (χ1v) is 3.78. The Balaban J connectivity index is 0.000000845. The highest BCUT2D eigenvalue weighted by Gasteiger charge is 2.07. The van der Waals surface area contributed by atoms with Gasteiger partial charge < -0.3 is 10.7 Å². The highest BCUT2D eigenvalue weighted by molar-refractivity contribution is 6.35. The quantitative estimate of drug-likeness (QED) is 0.659. The maximum absolute atomic E-state index is 13.0. The zero-order chi connectivity index (χ0) is 8.72. The molecule has 0 radical (unpaired) electrons. The zero-order valence-electron chi connectivity index (χ0n) is 6.47. The second-order valence-electron chi connectivity index (χ2n) is 2.56. The van der Waals surface area contributed by atoms with Crippen molar-refractivity contribution >= 4 is 40.6 Å². The number of anilines is 1. The summed E-state index contributed by atoms with van der Waals surface area (Å²) < 4.78 is 13.0. The lowest BCUT2D eigenvalue weighted by atomic mass is 10.2. The fourth-order valence-corrected chi connectivity index (χ4v) is 1.52. The molecule has 1 aromatic carbocycles. The molecule has 0 unspecified atom stereocenters. The lowest BCUT2D eigenvalue weighted by molar-refractivity contribution is 0.639. The van der Waals surface area contributed by atoms with E-state index < -0.39 is 0 Å². The number of aromatic nitrogens is 1. The van der Waals surface area contributed by atoms with E-state index in [1.165, 1.54) is 12.3 Å². The maximum atomic E-state index is 13.0. The summed E-state index contributed by atoms with van der Waals surface area (Å²) in [6, 6.07) is 3.17. The molecule has 0 atom stereocenters. The first-order chi connectivity index (χ1) is 5.68. The van der Waals surface area contributed by atoms with E-state index in [2.05, 4.69) is 4.98 Å². The van der Waals surface area contributed by atoms with Crippen LogP contribution in [0, 0.1) is 5.82 Å². The van der Waals surface area contributed by atoms with Crippen LogP contribution in [0.5, 0.6) is 0 Å². The SMILES string of the molecule is Cl.Nc1cc(Cl)c2c(F)c[nH]c2c1. The highest BCUT2D eigenvalue weighted by Crippen LogP contribution is 2.27. The van der Waals surface area contributed by atoms with Crippen molar-refractivity contribution in [2.75, 3.05) is 5.73 Å². The van der Waals surface area contributed by atoms with Gasteiger partial charge in [0.1, 0.15) is 5.82 Å². The number of H-pyrrole nitrogens is 1. The van der Waals surface area contributed by atoms with Crippen molar-refractivity contribution in [1.82, 2.24) is 4.98 Å². The second-order valence-corrected chi connectivity index (χ2v) is 2.97. The van der Waals surface area contributed by atoms with Gasteiger partial charge in [0.05, 0.1) is 15.9 Å². The zero-order valence-corrected chi connectivity index (χ0v) is 8.05. The van der Waals surface area contributed by atoms with E-state index in [0.717, 1.165) is 0 Å². The second kappa shape index (κ2) is 3.44. The van der Waals surface area contributed by atoms with Gasteiger partial charge in [-0.05, 0) is 12.1 Å². The van der Waals surface area contributed by atoms with Gasteiger partial charge in [-0.25, -0.2) is 4.39 Å². The van der Waals surface area contributed by atoms with E-state index in [1.807, 2.05) is 0 Å². The number of hydrogen-bond acceptors (Lipinski definition) is 1. The third-order valence-electron chi connectivity index (χ3n) is 1.71. The third-order valence-corrected chi connectivity index (χ3v) is 2.00. The summed E-state index contributed by atoms with van der Waals surface area (Å²) >= 11 is 5.77. The molecule has 13 heavy (non-hydrogen) atoms. The molecule has 2 aromatic rings. The largest absolute Gasteiger partial charge is 0.399 e. The van der Waals surface area contributed by atoms with Crippen molar-refractivity contribution in [2.24, 2.45) is 0 Å². The summed E-state index contributed by atoms with van der Waals surface area (Å²) in [5, 5.41) is 0.731. The number of benzene rings is 1. The van der Waals surface area contributed by atoms with Crippen LogP contribution in [0.25, 0.3) is 10.9 Å². The van der Waals surface area contributed by atoms with E-state index in [4.69, 9.17) is 17.3 Å². The number of halogens is 3. The fourth-order valence-electron chi connectivity index (χ4n) is 1.20. The molecule has 0 aliphatic carbocycles. The number of nitrogens with one attached hydrogen (secondary N) is 1. The van der Waals surface area contributed by atoms with E-state index >= 15 is 0 Å². The fraction of sp³-hybridized carbons (Fsp3) is 0. The average molecular weight is 221 g/mol. The minimum atomic E-state index is -0.352. The molecule has 3 N–H and O–H groups in total. The molecule has 0 aliphatic rings. The molecule has 0 saturated heterocycles. The lowest BCUT2D eigenvalue weighted by Gasteiger charge is -1.96. The molecule has 2 rings (SSSR count). The van der Waals surface area contributed by atoms with Gasteiger partial charge in [-0.2, -0.15) is 0 Å². The van der Waals surface area contributed by atoms with Crippen LogP contribution in [0.15, 0.2) is 18.3 Å². The molecule has 1 aromatic heterocycles. The molecule has 0 spiro atoms. The number of aromatic amines is 1. The highest BCUT2D eigenvalue weighted by atomic mass is 35.5. The summed E-state index contributed by atoms with van der Waals surface area (Å²) in [6.07, 6.45) is 1.26. The maximum Gasteiger partial charge on any atom is 0.149 e. The number of hydrogen-bond donors (Lipinski definition) is 2. The predicted molar refractivity (Wildman–Crippen MR) is 54.9 cm³/mol. The van der Waals surface area contributed by atoms with E-state index in [-0.39, 0.29) is 18.2 Å². The molecule has 0 saturated carbocycles. The van der Waals surface area contributed by atoms with Crippen LogP contribution < -0.4 is 5.73 Å². The summed E-state index contributed by atoms with van der Waals surface area (Å²) in [5.74, 6) is -0.352. The molecule has 0 aliphatic heterocycles. The lowest BCUT2D eigenvalue weighted by Crippen LogP contribution is -1.84. The Bertz CT molecular complexity index is 439. The molecule has 2 nitrogen and oxygen atoms in total. The van der Waals surface area contributed by atoms with Crippen LogP contribution in [0.3, 0.4) is 0 Å². The van der Waals surface area contributed by atoms with Crippen molar-refractivity contribution in [2.45, 2.75) is 0 Å². The number of nitrogen functional groups attached to an aromatic ring is 1. The molecule has 70 valence electrons. The number of rotatable bonds is 0. The Morgan fingerprint density at radius 2 is 2.08 bits per heavy atom. The molecule has 0 fully saturated rings. The minimum Gasteiger partial charge on any atom is -0.399 e. The van der Waals surface area contributed by atoms with Crippen molar-refractivity contribution < 1.29 is 4.39 Å².